The van der Waals surface area contributed by atoms with Gasteiger partial charge < -0.3 is 9.80 Å². The monoisotopic (exact) mass is 404 g/mol. The second kappa shape index (κ2) is 9.03. The van der Waals surface area contributed by atoms with Gasteiger partial charge in [0.05, 0.1) is 11.6 Å². The molecule has 1 atom stereocenters. The van der Waals surface area contributed by atoms with Gasteiger partial charge in [0, 0.05) is 31.7 Å². The van der Waals surface area contributed by atoms with Gasteiger partial charge in [-0.25, -0.2) is 4.39 Å². The van der Waals surface area contributed by atoms with Crippen LogP contribution in [0.25, 0.3) is 11.3 Å². The summed E-state index contributed by atoms with van der Waals surface area (Å²) in [5.74, 6) is 0.630. The lowest BCUT2D eigenvalue weighted by atomic mass is 9.95. The van der Waals surface area contributed by atoms with E-state index in [0.29, 0.717) is 18.8 Å². The van der Waals surface area contributed by atoms with Crippen molar-refractivity contribution in [1.29, 1.82) is 0 Å². The molecule has 154 valence electrons. The average molecular weight is 404 g/mol. The molecule has 1 aliphatic rings. The van der Waals surface area contributed by atoms with E-state index >= 15 is 0 Å². The molecule has 6 heteroatoms. The number of carbonyl (C=O) groups is 1. The van der Waals surface area contributed by atoms with Crippen LogP contribution in [0.4, 0.5) is 10.2 Å². The van der Waals surface area contributed by atoms with Crippen molar-refractivity contribution < 1.29 is 9.18 Å². The van der Waals surface area contributed by atoms with Gasteiger partial charge in [-0.05, 0) is 48.4 Å². The molecule has 1 saturated heterocycles. The molecule has 30 heavy (non-hydrogen) atoms. The Morgan fingerprint density at radius 2 is 1.63 bits per heavy atom. The molecule has 0 aliphatic carbocycles. The SMILES string of the molecule is CCC(C(=O)N1CCN(c2ccc(-c3ccc(F)cc3)nn2)CC1)c1ccccc1. The van der Waals surface area contributed by atoms with Crippen LogP contribution >= 0.6 is 0 Å². The van der Waals surface area contributed by atoms with Gasteiger partial charge in [-0.2, -0.15) is 0 Å². The third-order valence-corrected chi connectivity index (χ3v) is 5.61. The number of hydrogen-bond acceptors (Lipinski definition) is 4. The molecule has 0 spiro atoms. The zero-order valence-corrected chi connectivity index (χ0v) is 17.0. The zero-order valence-electron chi connectivity index (χ0n) is 17.0. The van der Waals surface area contributed by atoms with Gasteiger partial charge >= 0.3 is 0 Å². The van der Waals surface area contributed by atoms with E-state index in [2.05, 4.69) is 22.0 Å². The van der Waals surface area contributed by atoms with Gasteiger partial charge in [0.1, 0.15) is 5.82 Å². The molecule has 1 fully saturated rings. The minimum Gasteiger partial charge on any atom is -0.352 e. The fraction of sp³-hybridized carbons (Fsp3) is 0.292. The molecular weight excluding hydrogens is 379 g/mol. The maximum Gasteiger partial charge on any atom is 0.230 e. The minimum absolute atomic E-state index is 0.0902. The predicted octanol–water partition coefficient (Wildman–Crippen LogP) is 4.13. The predicted molar refractivity (Wildman–Crippen MR) is 116 cm³/mol. The maximum atomic E-state index is 13.1. The van der Waals surface area contributed by atoms with Gasteiger partial charge in [0.25, 0.3) is 0 Å². The van der Waals surface area contributed by atoms with E-state index in [4.69, 9.17) is 0 Å². The topological polar surface area (TPSA) is 49.3 Å². The number of halogens is 1. The number of aromatic nitrogens is 2. The van der Waals surface area contributed by atoms with E-state index in [-0.39, 0.29) is 17.6 Å². The first-order valence-electron chi connectivity index (χ1n) is 10.3. The van der Waals surface area contributed by atoms with E-state index in [0.717, 1.165) is 36.5 Å². The van der Waals surface area contributed by atoms with Crippen molar-refractivity contribution in [2.75, 3.05) is 31.1 Å². The molecule has 4 rings (SSSR count). The number of nitrogens with zero attached hydrogens (tertiary/aromatic N) is 4. The first kappa shape index (κ1) is 20.0. The number of amides is 1. The van der Waals surface area contributed by atoms with Crippen molar-refractivity contribution in [3.63, 3.8) is 0 Å². The Kier molecular flexibility index (Phi) is 6.02. The van der Waals surface area contributed by atoms with Gasteiger partial charge in [-0.3, -0.25) is 4.79 Å². The van der Waals surface area contributed by atoms with Crippen molar-refractivity contribution in [3.8, 4) is 11.3 Å². The molecule has 2 heterocycles. The standard InChI is InChI=1S/C24H25FN4O/c1-2-21(18-6-4-3-5-7-18)24(30)29-16-14-28(15-17-29)23-13-12-22(26-27-23)19-8-10-20(25)11-9-19/h3-13,21H,2,14-17H2,1H3. The molecule has 1 aromatic heterocycles. The van der Waals surface area contributed by atoms with Gasteiger partial charge in [0.2, 0.25) is 5.91 Å². The van der Waals surface area contributed by atoms with E-state index in [1.54, 1.807) is 12.1 Å². The van der Waals surface area contributed by atoms with Gasteiger partial charge in [0.15, 0.2) is 5.82 Å². The lowest BCUT2D eigenvalue weighted by Gasteiger charge is -2.36. The number of hydrogen-bond donors (Lipinski definition) is 0. The Bertz CT molecular complexity index is 968. The fourth-order valence-corrected chi connectivity index (χ4v) is 3.88. The highest BCUT2D eigenvalue weighted by Gasteiger charge is 2.27. The normalized spacial score (nSPS) is 15.1. The van der Waals surface area contributed by atoms with E-state index < -0.39 is 0 Å². The minimum atomic E-state index is -0.270. The Morgan fingerprint density at radius 3 is 2.23 bits per heavy atom. The fourth-order valence-electron chi connectivity index (χ4n) is 3.88. The van der Waals surface area contributed by atoms with E-state index in [1.165, 1.54) is 12.1 Å². The van der Waals surface area contributed by atoms with Gasteiger partial charge in [-0.1, -0.05) is 37.3 Å². The summed E-state index contributed by atoms with van der Waals surface area (Å²) in [6.45, 7) is 4.85. The molecule has 1 unspecified atom stereocenters. The highest BCUT2D eigenvalue weighted by Crippen LogP contribution is 2.24. The summed E-state index contributed by atoms with van der Waals surface area (Å²) in [7, 11) is 0. The van der Waals surface area contributed by atoms with Crippen molar-refractivity contribution >= 4 is 11.7 Å². The van der Waals surface area contributed by atoms with Crippen LogP contribution in [-0.4, -0.2) is 47.2 Å². The van der Waals surface area contributed by atoms with Crippen LogP contribution in [0.2, 0.25) is 0 Å². The van der Waals surface area contributed by atoms with Crippen molar-refractivity contribution in [3.05, 3.63) is 78.1 Å². The lowest BCUT2D eigenvalue weighted by Crippen LogP contribution is -2.50. The molecule has 2 aromatic carbocycles. The molecule has 1 aliphatic heterocycles. The van der Waals surface area contributed by atoms with Crippen LogP contribution in [0.1, 0.15) is 24.8 Å². The summed E-state index contributed by atoms with van der Waals surface area (Å²) >= 11 is 0. The van der Waals surface area contributed by atoms with Crippen LogP contribution in [0.3, 0.4) is 0 Å². The smallest absolute Gasteiger partial charge is 0.230 e. The van der Waals surface area contributed by atoms with E-state index in [9.17, 15) is 9.18 Å². The van der Waals surface area contributed by atoms with E-state index in [1.807, 2.05) is 47.4 Å². The summed E-state index contributed by atoms with van der Waals surface area (Å²) in [4.78, 5) is 17.2. The van der Waals surface area contributed by atoms with Gasteiger partial charge in [-0.15, -0.1) is 10.2 Å². The Labute approximate surface area is 176 Å². The van der Waals surface area contributed by atoms with Crippen LogP contribution in [0, 0.1) is 5.82 Å². The number of piperazine rings is 1. The first-order chi connectivity index (χ1) is 14.7. The molecule has 0 saturated carbocycles. The second-order valence-electron chi connectivity index (χ2n) is 7.47. The van der Waals surface area contributed by atoms with Crippen LogP contribution in [-0.2, 0) is 4.79 Å². The lowest BCUT2D eigenvalue weighted by molar-refractivity contribution is -0.133. The molecule has 3 aromatic rings. The number of rotatable bonds is 5. The number of benzene rings is 2. The molecule has 0 radical (unpaired) electrons. The Balaban J connectivity index is 1.38. The third kappa shape index (κ3) is 4.32. The second-order valence-corrected chi connectivity index (χ2v) is 7.47. The number of anilines is 1. The molecule has 0 bridgehead atoms. The summed E-state index contributed by atoms with van der Waals surface area (Å²) in [5, 5.41) is 8.64. The molecule has 0 N–H and O–H groups in total. The largest absolute Gasteiger partial charge is 0.352 e. The Morgan fingerprint density at radius 1 is 0.933 bits per heavy atom. The maximum absolute atomic E-state index is 13.1. The summed E-state index contributed by atoms with van der Waals surface area (Å²) in [6, 6.07) is 20.1. The molecule has 1 amide bonds. The summed E-state index contributed by atoms with van der Waals surface area (Å²) in [6.07, 6.45) is 0.791. The summed E-state index contributed by atoms with van der Waals surface area (Å²) in [5.41, 5.74) is 2.62. The van der Waals surface area contributed by atoms with Crippen molar-refractivity contribution in [2.24, 2.45) is 0 Å². The highest BCUT2D eigenvalue weighted by atomic mass is 19.1. The zero-order chi connectivity index (χ0) is 20.9. The summed E-state index contributed by atoms with van der Waals surface area (Å²) < 4.78 is 13.1. The number of carbonyl (C=O) groups excluding carboxylic acids is 1. The Hall–Kier alpha value is -3.28. The average Bonchev–Trinajstić information content (AvgIpc) is 2.81. The highest BCUT2D eigenvalue weighted by molar-refractivity contribution is 5.84. The molecule has 5 nitrogen and oxygen atoms in total. The quantitative estimate of drug-likeness (QED) is 0.642. The third-order valence-electron chi connectivity index (χ3n) is 5.61. The van der Waals surface area contributed by atoms with Crippen molar-refractivity contribution in [2.45, 2.75) is 19.3 Å². The first-order valence-corrected chi connectivity index (χ1v) is 10.3. The van der Waals surface area contributed by atoms with Crippen LogP contribution in [0.5, 0.6) is 0 Å². The van der Waals surface area contributed by atoms with Crippen molar-refractivity contribution in [1.82, 2.24) is 15.1 Å². The molecular formula is C24H25FN4O. The van der Waals surface area contributed by atoms with Crippen LogP contribution < -0.4 is 4.90 Å². The van der Waals surface area contributed by atoms with Crippen LogP contribution in [0.15, 0.2) is 66.7 Å².